The maximum Gasteiger partial charge on any atom is 0.309 e. The van der Waals surface area contributed by atoms with Gasteiger partial charge in [-0.05, 0) is 30.0 Å². The van der Waals surface area contributed by atoms with E-state index in [1.54, 1.807) is 7.11 Å². The van der Waals surface area contributed by atoms with E-state index in [2.05, 4.69) is 21.4 Å². The summed E-state index contributed by atoms with van der Waals surface area (Å²) in [4.78, 5) is 26.0. The van der Waals surface area contributed by atoms with E-state index < -0.39 is 5.97 Å². The van der Waals surface area contributed by atoms with Gasteiger partial charge in [0.2, 0.25) is 0 Å². The number of aromatic nitrogens is 1. The number of hydrogen-bond donors (Lipinski definition) is 2. The number of benzene rings is 2. The van der Waals surface area contributed by atoms with Crippen LogP contribution in [0.3, 0.4) is 0 Å². The second-order valence-electron chi connectivity index (χ2n) is 8.55. The van der Waals surface area contributed by atoms with Gasteiger partial charge >= 0.3 is 5.97 Å². The van der Waals surface area contributed by atoms with E-state index >= 15 is 0 Å². The average molecular weight is 447 g/mol. The Morgan fingerprint density at radius 1 is 1.21 bits per heavy atom. The van der Waals surface area contributed by atoms with Crippen LogP contribution in [0.4, 0.5) is 0 Å². The Morgan fingerprint density at radius 2 is 2.03 bits per heavy atom. The van der Waals surface area contributed by atoms with Crippen LogP contribution in [0.25, 0.3) is 11.3 Å². The van der Waals surface area contributed by atoms with Gasteiger partial charge in [0.1, 0.15) is 5.75 Å². The molecule has 0 unspecified atom stereocenters. The second kappa shape index (κ2) is 8.71. The molecule has 8 heteroatoms. The van der Waals surface area contributed by atoms with Gasteiger partial charge in [0, 0.05) is 42.9 Å². The lowest BCUT2D eigenvalue weighted by molar-refractivity contribution is -0.147. The van der Waals surface area contributed by atoms with E-state index in [1.807, 2.05) is 36.4 Å². The zero-order valence-electron chi connectivity index (χ0n) is 18.3. The van der Waals surface area contributed by atoms with Crippen molar-refractivity contribution in [1.29, 1.82) is 0 Å². The van der Waals surface area contributed by atoms with Gasteiger partial charge in [-0.15, -0.1) is 0 Å². The molecule has 1 fully saturated rings. The molecule has 33 heavy (non-hydrogen) atoms. The smallest absolute Gasteiger partial charge is 0.309 e. The number of aliphatic carboxylic acids is 1. The molecular weight excluding hydrogens is 422 g/mol. The number of para-hydroxylation sites is 1. The molecule has 0 atom stereocenters. The molecule has 1 saturated heterocycles. The topological polar surface area (TPSA) is 105 Å². The normalized spacial score (nSPS) is 15.3. The number of carboxylic acids is 1. The first-order chi connectivity index (χ1) is 16.0. The zero-order valence-corrected chi connectivity index (χ0v) is 18.3. The highest BCUT2D eigenvalue weighted by molar-refractivity contribution is 5.95. The van der Waals surface area contributed by atoms with Crippen LogP contribution in [0.15, 0.2) is 47.0 Å². The number of ether oxygens (including phenoxy) is 1. The Balaban J connectivity index is 1.28. The number of methoxy groups -OCH3 is 1. The van der Waals surface area contributed by atoms with Crippen LogP contribution in [0.1, 0.15) is 32.7 Å². The fourth-order valence-corrected chi connectivity index (χ4v) is 4.59. The molecule has 3 aromatic rings. The minimum absolute atomic E-state index is 0.257. The molecule has 0 spiro atoms. The monoisotopic (exact) mass is 447 g/mol. The molecule has 170 valence electrons. The van der Waals surface area contributed by atoms with Crippen molar-refractivity contribution in [1.82, 2.24) is 15.4 Å². The molecule has 8 nitrogen and oxygen atoms in total. The lowest BCUT2D eigenvalue weighted by Gasteiger charge is -2.36. The number of carboxylic acid groups (broad SMARTS) is 1. The summed E-state index contributed by atoms with van der Waals surface area (Å²) < 4.78 is 11.0. The minimum Gasteiger partial charge on any atom is -0.496 e. The summed E-state index contributed by atoms with van der Waals surface area (Å²) >= 11 is 0. The molecule has 0 radical (unpaired) electrons. The van der Waals surface area contributed by atoms with Crippen LogP contribution in [0.5, 0.6) is 5.75 Å². The lowest BCUT2D eigenvalue weighted by Crippen LogP contribution is -2.49. The number of likely N-dealkylation sites (tertiary alicyclic amines) is 1. The molecule has 0 saturated carbocycles. The van der Waals surface area contributed by atoms with Crippen molar-refractivity contribution in [3.05, 3.63) is 70.4 Å². The first kappa shape index (κ1) is 21.2. The second-order valence-corrected chi connectivity index (χ2v) is 8.55. The van der Waals surface area contributed by atoms with Gasteiger partial charge in [-0.2, -0.15) is 0 Å². The highest BCUT2D eigenvalue weighted by atomic mass is 16.5. The van der Waals surface area contributed by atoms with Crippen LogP contribution in [0.2, 0.25) is 0 Å². The van der Waals surface area contributed by atoms with Gasteiger partial charge in [0.05, 0.1) is 13.0 Å². The van der Waals surface area contributed by atoms with Crippen molar-refractivity contribution < 1.29 is 24.0 Å². The maximum atomic E-state index is 12.8. The lowest BCUT2D eigenvalue weighted by atomic mass is 9.88. The first-order valence-electron chi connectivity index (χ1n) is 11.0. The first-order valence-corrected chi connectivity index (χ1v) is 11.0. The maximum absolute atomic E-state index is 12.8. The number of rotatable bonds is 7. The third-order valence-corrected chi connectivity index (χ3v) is 6.41. The largest absolute Gasteiger partial charge is 0.496 e. The average Bonchev–Trinajstić information content (AvgIpc) is 3.24. The van der Waals surface area contributed by atoms with Gasteiger partial charge in [-0.25, -0.2) is 0 Å². The third kappa shape index (κ3) is 4.09. The van der Waals surface area contributed by atoms with Gasteiger partial charge in [0.15, 0.2) is 11.5 Å². The molecule has 2 N–H and O–H groups in total. The number of hydrogen-bond acceptors (Lipinski definition) is 6. The molecule has 2 aliphatic rings. The number of nitrogens with zero attached hydrogens (tertiary/aromatic N) is 2. The van der Waals surface area contributed by atoms with Crippen molar-refractivity contribution in [2.45, 2.75) is 25.9 Å². The third-order valence-electron chi connectivity index (χ3n) is 6.41. The van der Waals surface area contributed by atoms with Gasteiger partial charge in [-0.3, -0.25) is 14.5 Å². The van der Waals surface area contributed by atoms with Crippen LogP contribution in [-0.2, 0) is 30.7 Å². The Labute approximate surface area is 191 Å². The fourth-order valence-electron chi connectivity index (χ4n) is 4.59. The van der Waals surface area contributed by atoms with Gasteiger partial charge in [0.25, 0.3) is 5.91 Å². The summed E-state index contributed by atoms with van der Waals surface area (Å²) in [5, 5.41) is 16.1. The Kier molecular flexibility index (Phi) is 5.60. The highest BCUT2D eigenvalue weighted by Crippen LogP contribution is 2.36. The minimum atomic E-state index is -0.725. The number of nitrogens with one attached hydrogen (secondary N) is 1. The van der Waals surface area contributed by atoms with Crippen LogP contribution in [0, 0.1) is 5.92 Å². The summed E-state index contributed by atoms with van der Waals surface area (Å²) in [7, 11) is 1.61. The van der Waals surface area contributed by atoms with Gasteiger partial charge in [-0.1, -0.05) is 41.6 Å². The summed E-state index contributed by atoms with van der Waals surface area (Å²) in [6.07, 6.45) is 1.47. The van der Waals surface area contributed by atoms with E-state index in [0.717, 1.165) is 46.5 Å². The molecule has 5 rings (SSSR count). The van der Waals surface area contributed by atoms with Crippen LogP contribution >= 0.6 is 0 Å². The molecule has 1 amide bonds. The molecule has 1 aliphatic carbocycles. The fraction of sp³-hybridized carbons (Fsp3) is 0.320. The van der Waals surface area contributed by atoms with Crippen molar-refractivity contribution in [3.63, 3.8) is 0 Å². The predicted molar refractivity (Wildman–Crippen MR) is 120 cm³/mol. The molecule has 2 heterocycles. The predicted octanol–water partition coefficient (Wildman–Crippen LogP) is 2.90. The molecule has 1 aromatic heterocycles. The summed E-state index contributed by atoms with van der Waals surface area (Å²) in [6.45, 7) is 2.25. The van der Waals surface area contributed by atoms with Crippen molar-refractivity contribution in [3.8, 4) is 17.1 Å². The van der Waals surface area contributed by atoms with E-state index in [9.17, 15) is 9.59 Å². The Morgan fingerprint density at radius 3 is 2.82 bits per heavy atom. The highest BCUT2D eigenvalue weighted by Gasteiger charge is 2.33. The number of aryl methyl sites for hydroxylation is 1. The number of carbonyl (C=O) groups is 2. The summed E-state index contributed by atoms with van der Waals surface area (Å²) in [5.41, 5.74) is 5.32. The quantitative estimate of drug-likeness (QED) is 0.574. The summed E-state index contributed by atoms with van der Waals surface area (Å²) in [5.74, 6) is 0.127. The van der Waals surface area contributed by atoms with E-state index in [-0.39, 0.29) is 11.8 Å². The van der Waals surface area contributed by atoms with Crippen LogP contribution < -0.4 is 10.1 Å². The zero-order chi connectivity index (χ0) is 22.9. The molecule has 2 aromatic carbocycles. The number of fused-ring (bicyclic) bond motifs is 3. The van der Waals surface area contributed by atoms with Crippen molar-refractivity contribution in [2.75, 3.05) is 20.2 Å². The standard InChI is InChI=1S/C25H25N3O5/c1-32-21-5-3-2-4-17(21)11-26-24(29)22-20-9-7-16-10-15(6-8-19(16)23(20)33-27-22)12-28-13-18(14-28)25(30)31/h2-6,8,10,18H,7,9,11-14H2,1H3,(H,26,29)(H,30,31). The Hall–Kier alpha value is -3.65. The van der Waals surface area contributed by atoms with Crippen molar-refractivity contribution in [2.24, 2.45) is 5.92 Å². The number of amides is 1. The van der Waals surface area contributed by atoms with Crippen molar-refractivity contribution >= 4 is 11.9 Å². The molecule has 1 aliphatic heterocycles. The Bertz CT molecular complexity index is 1210. The van der Waals surface area contributed by atoms with Crippen LogP contribution in [-0.4, -0.2) is 47.2 Å². The molecule has 0 bridgehead atoms. The van der Waals surface area contributed by atoms with Gasteiger partial charge < -0.3 is 19.7 Å². The molecular formula is C25H25N3O5. The van der Waals surface area contributed by atoms with E-state index in [1.165, 1.54) is 0 Å². The van der Waals surface area contributed by atoms with E-state index in [4.69, 9.17) is 14.4 Å². The van der Waals surface area contributed by atoms with E-state index in [0.29, 0.717) is 37.5 Å². The summed E-state index contributed by atoms with van der Waals surface area (Å²) in [6, 6.07) is 13.8. The number of carbonyl (C=O) groups excluding carboxylic acids is 1. The SMILES string of the molecule is COc1ccccc1CNC(=O)c1noc2c1CCc1cc(CN3CC(C(=O)O)C3)ccc1-2.